The largest absolute Gasteiger partial charge is 0.480 e. The Morgan fingerprint density at radius 2 is 1.27 bits per heavy atom. The van der Waals surface area contributed by atoms with Crippen LogP contribution in [0.15, 0.2) is 104 Å². The highest BCUT2D eigenvalue weighted by Gasteiger charge is 2.45. The maximum absolute atomic E-state index is 13.4. The lowest BCUT2D eigenvalue weighted by atomic mass is 9.85. The minimum atomic E-state index is -0.720. The van der Waals surface area contributed by atoms with Crippen LogP contribution in [0.4, 0.5) is 4.39 Å². The Labute approximate surface area is 489 Å². The number of pyridine rings is 1. The first-order valence-electron chi connectivity index (χ1n) is 30.1. The number of aromatic nitrogens is 3. The molecule has 3 aromatic heterocycles. The van der Waals surface area contributed by atoms with Crippen molar-refractivity contribution in [2.75, 3.05) is 65.4 Å². The molecule has 0 unspecified atom stereocenters. The van der Waals surface area contributed by atoms with Crippen molar-refractivity contribution in [3.05, 3.63) is 168 Å². The molecule has 4 saturated heterocycles. The lowest BCUT2D eigenvalue weighted by molar-refractivity contribution is -0.147. The van der Waals surface area contributed by atoms with E-state index in [0.29, 0.717) is 41.4 Å². The predicted octanol–water partition coefficient (Wildman–Crippen LogP) is 12.7. The van der Waals surface area contributed by atoms with Crippen molar-refractivity contribution in [2.45, 2.75) is 142 Å². The lowest BCUT2D eigenvalue weighted by Gasteiger charge is -2.36. The molecule has 0 amide bonds. The maximum Gasteiger partial charge on any atom is 0.321 e. The van der Waals surface area contributed by atoms with Gasteiger partial charge in [0.15, 0.2) is 0 Å². The highest BCUT2D eigenvalue weighted by molar-refractivity contribution is 7.12. The van der Waals surface area contributed by atoms with Crippen LogP contribution in [0.2, 0.25) is 0 Å². The number of piperidine rings is 2. The summed E-state index contributed by atoms with van der Waals surface area (Å²) in [5.74, 6) is 1.73. The molecular weight excluding hydrogens is 1050 g/mol. The number of aliphatic carboxylic acids is 2. The molecule has 432 valence electrons. The number of carboxylic acid groups (broad SMARTS) is 2. The zero-order valence-electron chi connectivity index (χ0n) is 48.7. The number of aryl methyl sites for hydroxylation is 3. The summed E-state index contributed by atoms with van der Waals surface area (Å²) < 4.78 is 13.4. The van der Waals surface area contributed by atoms with E-state index in [1.807, 2.05) is 74.0 Å². The van der Waals surface area contributed by atoms with Crippen molar-refractivity contribution >= 4 is 34.6 Å². The van der Waals surface area contributed by atoms with E-state index in [1.165, 1.54) is 86.1 Å². The van der Waals surface area contributed by atoms with Gasteiger partial charge in [-0.05, 0) is 154 Å². The summed E-state index contributed by atoms with van der Waals surface area (Å²) in [6, 6.07) is 27.7. The second-order valence-electron chi connectivity index (χ2n) is 25.5. The molecule has 2 N–H and O–H groups in total. The zero-order chi connectivity index (χ0) is 56.8. The molecule has 6 atom stereocenters. The third-order valence-corrected chi connectivity index (χ3v) is 20.7. The second-order valence-corrected chi connectivity index (χ2v) is 27.8. The van der Waals surface area contributed by atoms with Gasteiger partial charge in [-0.1, -0.05) is 118 Å². The molecule has 5 aliphatic rings. The van der Waals surface area contributed by atoms with Gasteiger partial charge in [0.1, 0.15) is 17.9 Å². The number of benzene rings is 3. The summed E-state index contributed by atoms with van der Waals surface area (Å²) in [5, 5.41) is 22.6. The Morgan fingerprint density at radius 1 is 0.679 bits per heavy atom. The smallest absolute Gasteiger partial charge is 0.321 e. The summed E-state index contributed by atoms with van der Waals surface area (Å²) in [5.41, 5.74) is 8.45. The first kappa shape index (κ1) is 59.0. The number of halogens is 1. The van der Waals surface area contributed by atoms with Crippen LogP contribution in [0.5, 0.6) is 0 Å². The van der Waals surface area contributed by atoms with Gasteiger partial charge in [-0.15, -0.1) is 22.7 Å². The first-order chi connectivity index (χ1) is 39.0. The molecule has 0 spiro atoms. The molecule has 11 rings (SSSR count). The van der Waals surface area contributed by atoms with Crippen molar-refractivity contribution in [1.29, 1.82) is 0 Å². The molecular formula is C67H86FN7O4S2. The third-order valence-electron chi connectivity index (χ3n) is 18.2. The van der Waals surface area contributed by atoms with E-state index >= 15 is 0 Å². The second kappa shape index (κ2) is 26.6. The number of carbonyl (C=O) groups is 2. The molecule has 5 fully saturated rings. The third kappa shape index (κ3) is 15.3. The summed E-state index contributed by atoms with van der Waals surface area (Å²) in [7, 11) is 0. The van der Waals surface area contributed by atoms with Gasteiger partial charge in [0.05, 0.1) is 15.7 Å². The van der Waals surface area contributed by atoms with Crippen molar-refractivity contribution in [2.24, 2.45) is 23.2 Å². The van der Waals surface area contributed by atoms with E-state index in [9.17, 15) is 24.2 Å². The number of rotatable bonds is 19. The van der Waals surface area contributed by atoms with Crippen LogP contribution in [0.1, 0.15) is 155 Å². The molecule has 7 heterocycles. The highest BCUT2D eigenvalue weighted by Crippen LogP contribution is 2.43. The number of thiazole rings is 2. The average molecular weight is 1140 g/mol. The van der Waals surface area contributed by atoms with Gasteiger partial charge < -0.3 is 20.0 Å². The molecule has 0 bridgehead atoms. The van der Waals surface area contributed by atoms with Crippen LogP contribution in [0.3, 0.4) is 0 Å². The van der Waals surface area contributed by atoms with E-state index in [-0.39, 0.29) is 17.3 Å². The monoisotopic (exact) mass is 1140 g/mol. The van der Waals surface area contributed by atoms with E-state index in [2.05, 4.69) is 106 Å². The van der Waals surface area contributed by atoms with Crippen LogP contribution in [0, 0.1) is 42.8 Å². The number of nitrogens with zero attached hydrogens (tertiary/aromatic N) is 7. The van der Waals surface area contributed by atoms with E-state index in [4.69, 9.17) is 9.97 Å². The van der Waals surface area contributed by atoms with Crippen LogP contribution < -0.4 is 0 Å². The molecule has 0 radical (unpaired) electrons. The first-order valence-corrected chi connectivity index (χ1v) is 31.7. The fourth-order valence-electron chi connectivity index (χ4n) is 13.9. The minimum absolute atomic E-state index is 0.203. The van der Waals surface area contributed by atoms with Crippen molar-refractivity contribution < 1.29 is 24.2 Å². The molecule has 6 aromatic rings. The Kier molecular flexibility index (Phi) is 19.3. The normalized spacial score (nSPS) is 22.6. The summed E-state index contributed by atoms with van der Waals surface area (Å²) in [6.07, 6.45) is 16.2. The fourth-order valence-corrected chi connectivity index (χ4v) is 16.4. The molecule has 1 saturated carbocycles. The number of hydrogen-bond donors (Lipinski definition) is 2. The van der Waals surface area contributed by atoms with E-state index in [0.717, 1.165) is 115 Å². The minimum Gasteiger partial charge on any atom is -0.480 e. The van der Waals surface area contributed by atoms with E-state index in [1.54, 1.807) is 0 Å². The van der Waals surface area contributed by atoms with Crippen molar-refractivity contribution in [1.82, 2.24) is 34.6 Å². The Morgan fingerprint density at radius 3 is 1.81 bits per heavy atom. The van der Waals surface area contributed by atoms with Gasteiger partial charge in [-0.25, -0.2) is 14.4 Å². The highest BCUT2D eigenvalue weighted by atomic mass is 32.1. The standard InChI is InChI=1S/C35H46FN3O2S.C32H40N4O2S/c1-6-30-32(42-31(37-30)19-24-10-12-28(36)13-11-24)25-14-16-38(17-15-25)20-27-21-39(33(34(40)41)35(3,4)5)22-29(27)26-9-7-8-23(2)18-26;1-22-4-2-6-26(14-22)28-21-36(29(32(37)38)15-23-7-8-23)20-27(28)19-35-12-9-25(10-13-35)30-18-34-31(39-30)16-24-5-3-11-33-17-24/h7-13,18,25,27,29,33H,6,14-17,19-22H2,1-5H3,(H,40,41);2-6,11,14,17-18,23,25,27-29H,7-10,12-13,15-16,19-21H2,1H3,(H,37,38)/t27-,29+,33-;27-,28+,29+/m00/s1. The van der Waals surface area contributed by atoms with Crippen molar-refractivity contribution in [3.63, 3.8) is 0 Å². The number of carboxylic acids is 2. The van der Waals surface area contributed by atoms with E-state index < -0.39 is 18.0 Å². The summed E-state index contributed by atoms with van der Waals surface area (Å²) in [4.78, 5) is 51.3. The van der Waals surface area contributed by atoms with Gasteiger partial charge in [0, 0.05) is 92.3 Å². The molecule has 14 heteroatoms. The van der Waals surface area contributed by atoms with Gasteiger partial charge in [0.25, 0.3) is 0 Å². The van der Waals surface area contributed by atoms with Crippen LogP contribution >= 0.6 is 22.7 Å². The topological polar surface area (TPSA) is 126 Å². The molecule has 81 heavy (non-hydrogen) atoms. The SMILES string of the molecule is CCc1nc(Cc2ccc(F)cc2)sc1C1CCN(C[C@H]2CN([C@@H](C(=O)O)C(C)(C)C)C[C@@H]2c2cccc(C)c2)CC1.Cc1cccc([C@H]2CN([C@H](CC3CC3)C(=O)O)C[C@@H]2CN2CCC(c3cnc(Cc4cccnc4)s3)CC2)c1. The van der Waals surface area contributed by atoms with Crippen molar-refractivity contribution in [3.8, 4) is 0 Å². The molecule has 1 aliphatic carbocycles. The van der Waals surface area contributed by atoms with Crippen LogP contribution in [-0.2, 0) is 28.9 Å². The van der Waals surface area contributed by atoms with Gasteiger partial charge in [-0.3, -0.25) is 24.4 Å². The predicted molar refractivity (Wildman–Crippen MR) is 324 cm³/mol. The average Bonchev–Trinajstić information content (AvgIpc) is 3.75. The quantitative estimate of drug-likeness (QED) is 0.0805. The molecule has 3 aromatic carbocycles. The lowest BCUT2D eigenvalue weighted by Crippen LogP contribution is -2.48. The maximum atomic E-state index is 13.4. The summed E-state index contributed by atoms with van der Waals surface area (Å²) in [6.45, 7) is 22.3. The zero-order valence-corrected chi connectivity index (χ0v) is 50.3. The Balaban J connectivity index is 0.000000182. The number of hydrogen-bond acceptors (Lipinski definition) is 11. The van der Waals surface area contributed by atoms with Crippen LogP contribution in [0.25, 0.3) is 0 Å². The summed E-state index contributed by atoms with van der Waals surface area (Å²) >= 11 is 3.71. The van der Waals surface area contributed by atoms with Gasteiger partial charge in [0.2, 0.25) is 0 Å². The fraction of sp³-hybridized carbons (Fsp3) is 0.537. The molecule has 4 aliphatic heterocycles. The molecule has 11 nitrogen and oxygen atoms in total. The Bertz CT molecular complexity index is 3010. The van der Waals surface area contributed by atoms with Crippen LogP contribution in [-0.4, -0.2) is 134 Å². The number of likely N-dealkylation sites (tertiary alicyclic amines) is 4. The van der Waals surface area contributed by atoms with Gasteiger partial charge >= 0.3 is 11.9 Å². The Hall–Kier alpha value is -5.22. The van der Waals surface area contributed by atoms with Gasteiger partial charge in [-0.2, -0.15) is 0 Å².